The molecule has 29 heavy (non-hydrogen) atoms. The molecule has 0 radical (unpaired) electrons. The van der Waals surface area contributed by atoms with Gasteiger partial charge < -0.3 is 5.32 Å². The molecule has 0 fully saturated rings. The highest BCUT2D eigenvalue weighted by atomic mass is 35.5. The molecule has 0 spiro atoms. The number of Topliss-reactive ketones (excluding diaryl/α,β-unsaturated/α-hetero) is 1. The second kappa shape index (κ2) is 6.74. The Balaban J connectivity index is 1.80. The van der Waals surface area contributed by atoms with Gasteiger partial charge in [-0.1, -0.05) is 41.9 Å². The summed E-state index contributed by atoms with van der Waals surface area (Å²) in [5, 5.41) is 6.48. The van der Waals surface area contributed by atoms with E-state index in [4.69, 9.17) is 11.6 Å². The number of hydrogen-bond donors (Lipinski definition) is 2. The first kappa shape index (κ1) is 17.9. The van der Waals surface area contributed by atoms with Crippen molar-refractivity contribution in [2.24, 2.45) is 5.92 Å². The molecular formula is C22H17ClFN3O2. The lowest BCUT2D eigenvalue weighted by atomic mass is 9.72. The summed E-state index contributed by atoms with van der Waals surface area (Å²) >= 11 is 6.37. The number of nitrogens with zero attached hydrogens (tertiary/aromatic N) is 1. The minimum atomic E-state index is -0.798. The Morgan fingerprint density at radius 2 is 1.79 bits per heavy atom. The van der Waals surface area contributed by atoms with Crippen molar-refractivity contribution in [1.82, 2.24) is 9.78 Å². The van der Waals surface area contributed by atoms with Gasteiger partial charge in [0, 0.05) is 28.6 Å². The van der Waals surface area contributed by atoms with Crippen LogP contribution >= 0.6 is 11.6 Å². The van der Waals surface area contributed by atoms with Crippen molar-refractivity contribution in [1.29, 1.82) is 0 Å². The second-order valence-corrected chi connectivity index (χ2v) is 7.66. The smallest absolute Gasteiger partial charge is 0.277 e. The van der Waals surface area contributed by atoms with Gasteiger partial charge in [-0.25, -0.2) is 9.07 Å². The van der Waals surface area contributed by atoms with Crippen molar-refractivity contribution in [3.8, 4) is 5.69 Å². The highest BCUT2D eigenvalue weighted by Crippen LogP contribution is 2.47. The van der Waals surface area contributed by atoms with Crippen LogP contribution in [0.4, 0.5) is 10.2 Å². The lowest BCUT2D eigenvalue weighted by molar-refractivity contribution is -0.122. The van der Waals surface area contributed by atoms with Crippen LogP contribution in [0.25, 0.3) is 5.69 Å². The molecule has 5 nitrogen and oxygen atoms in total. The Kier molecular flexibility index (Phi) is 4.17. The zero-order chi connectivity index (χ0) is 20.1. The van der Waals surface area contributed by atoms with Gasteiger partial charge in [-0.2, -0.15) is 0 Å². The molecule has 2 aromatic carbocycles. The predicted molar refractivity (Wildman–Crippen MR) is 109 cm³/mol. The molecule has 2 heterocycles. The van der Waals surface area contributed by atoms with Gasteiger partial charge in [0.1, 0.15) is 17.4 Å². The van der Waals surface area contributed by atoms with Gasteiger partial charge in [0.15, 0.2) is 0 Å². The predicted octanol–water partition coefficient (Wildman–Crippen LogP) is 4.38. The second-order valence-electron chi connectivity index (χ2n) is 7.26. The van der Waals surface area contributed by atoms with E-state index in [9.17, 15) is 14.0 Å². The van der Waals surface area contributed by atoms with Crippen molar-refractivity contribution in [3.05, 3.63) is 92.6 Å². The molecule has 5 rings (SSSR count). The Labute approximate surface area is 170 Å². The van der Waals surface area contributed by atoms with E-state index >= 15 is 0 Å². The number of carbonyl (C=O) groups excluding carboxylic acids is 1. The number of anilines is 1. The van der Waals surface area contributed by atoms with Gasteiger partial charge in [-0.15, -0.1) is 0 Å². The quantitative estimate of drug-likeness (QED) is 0.660. The van der Waals surface area contributed by atoms with Crippen molar-refractivity contribution >= 4 is 23.2 Å². The fourth-order valence-electron chi connectivity index (χ4n) is 4.34. The van der Waals surface area contributed by atoms with E-state index in [1.807, 2.05) is 24.3 Å². The number of benzene rings is 2. The van der Waals surface area contributed by atoms with Gasteiger partial charge in [-0.05, 0) is 30.7 Å². The van der Waals surface area contributed by atoms with E-state index < -0.39 is 17.7 Å². The summed E-state index contributed by atoms with van der Waals surface area (Å²) in [4.78, 5) is 26.3. The van der Waals surface area contributed by atoms with E-state index in [0.29, 0.717) is 35.6 Å². The number of allylic oxidation sites excluding steroid dienone is 2. The van der Waals surface area contributed by atoms with Crippen LogP contribution in [0.1, 0.15) is 29.9 Å². The number of halogens is 2. The largest absolute Gasteiger partial charge is 0.343 e. The van der Waals surface area contributed by atoms with Gasteiger partial charge in [0.2, 0.25) is 0 Å². The van der Waals surface area contributed by atoms with Crippen molar-refractivity contribution in [2.45, 2.75) is 18.8 Å². The molecule has 0 unspecified atom stereocenters. The molecule has 1 aromatic heterocycles. The van der Waals surface area contributed by atoms with Crippen LogP contribution in [-0.4, -0.2) is 15.6 Å². The van der Waals surface area contributed by atoms with Crippen molar-refractivity contribution in [3.63, 3.8) is 0 Å². The van der Waals surface area contributed by atoms with E-state index in [2.05, 4.69) is 10.4 Å². The number of fused-ring (bicyclic) bond motifs is 2. The molecule has 1 aliphatic carbocycles. The third-order valence-corrected chi connectivity index (χ3v) is 5.93. The number of carbonyl (C=O) groups is 1. The minimum Gasteiger partial charge on any atom is -0.343 e. The summed E-state index contributed by atoms with van der Waals surface area (Å²) in [5.41, 5.74) is 1.49. The number of H-pyrrole nitrogens is 1. The number of nitrogens with one attached hydrogen (secondary N) is 2. The number of ketones is 1. The average molecular weight is 410 g/mol. The maximum absolute atomic E-state index is 14.9. The third kappa shape index (κ3) is 2.75. The van der Waals surface area contributed by atoms with E-state index in [1.54, 1.807) is 18.2 Å². The Bertz CT molecular complexity index is 1190. The van der Waals surface area contributed by atoms with Gasteiger partial charge >= 0.3 is 0 Å². The highest BCUT2D eigenvalue weighted by molar-refractivity contribution is 6.31. The van der Waals surface area contributed by atoms with Crippen LogP contribution in [0.2, 0.25) is 5.02 Å². The molecule has 0 amide bonds. The topological polar surface area (TPSA) is 66.9 Å². The lowest BCUT2D eigenvalue weighted by Crippen LogP contribution is -2.37. The van der Waals surface area contributed by atoms with Gasteiger partial charge in [0.05, 0.1) is 17.2 Å². The summed E-state index contributed by atoms with van der Waals surface area (Å²) in [5.74, 6) is -1.57. The zero-order valence-electron chi connectivity index (χ0n) is 15.3. The van der Waals surface area contributed by atoms with Crippen LogP contribution in [0.3, 0.4) is 0 Å². The summed E-state index contributed by atoms with van der Waals surface area (Å²) < 4.78 is 16.3. The molecule has 7 heteroatoms. The summed E-state index contributed by atoms with van der Waals surface area (Å²) in [7, 11) is 0. The van der Waals surface area contributed by atoms with Crippen LogP contribution in [-0.2, 0) is 4.79 Å². The number of hydrogen-bond acceptors (Lipinski definition) is 3. The fraction of sp³-hybridized carbons (Fsp3) is 0.182. The maximum atomic E-state index is 14.9. The molecule has 0 saturated carbocycles. The Morgan fingerprint density at radius 1 is 1.00 bits per heavy atom. The molecule has 2 atom stereocenters. The lowest BCUT2D eigenvalue weighted by Gasteiger charge is -2.35. The van der Waals surface area contributed by atoms with E-state index in [-0.39, 0.29) is 21.9 Å². The average Bonchev–Trinajstić information content (AvgIpc) is 3.04. The number of aromatic amines is 1. The molecule has 3 aromatic rings. The maximum Gasteiger partial charge on any atom is 0.277 e. The molecule has 2 aliphatic rings. The van der Waals surface area contributed by atoms with Crippen LogP contribution < -0.4 is 10.9 Å². The SMILES string of the molecule is O=C1CCC=C2Nc3[nH]n(-c4ccccc4)c(=O)c3[C@@H](c3c(F)cccc3Cl)[C@H]12. The molecule has 0 bridgehead atoms. The third-order valence-electron chi connectivity index (χ3n) is 5.60. The summed E-state index contributed by atoms with van der Waals surface area (Å²) in [6, 6.07) is 13.5. The first-order valence-corrected chi connectivity index (χ1v) is 9.78. The first-order valence-electron chi connectivity index (χ1n) is 9.40. The van der Waals surface area contributed by atoms with Crippen molar-refractivity contribution in [2.75, 3.05) is 5.32 Å². The van der Waals surface area contributed by atoms with E-state index in [0.717, 1.165) is 0 Å². The Morgan fingerprint density at radius 3 is 2.55 bits per heavy atom. The normalized spacial score (nSPS) is 20.5. The number of para-hydroxylation sites is 1. The molecule has 146 valence electrons. The fourth-order valence-corrected chi connectivity index (χ4v) is 4.62. The van der Waals surface area contributed by atoms with Gasteiger partial charge in [-0.3, -0.25) is 14.7 Å². The summed E-state index contributed by atoms with van der Waals surface area (Å²) in [6.45, 7) is 0. The Hall–Kier alpha value is -3.12. The first-order chi connectivity index (χ1) is 14.1. The number of aromatic nitrogens is 2. The molecule has 1 aliphatic heterocycles. The van der Waals surface area contributed by atoms with Crippen LogP contribution in [0, 0.1) is 11.7 Å². The monoisotopic (exact) mass is 409 g/mol. The van der Waals surface area contributed by atoms with E-state index in [1.165, 1.54) is 16.8 Å². The molecular weight excluding hydrogens is 393 g/mol. The minimum absolute atomic E-state index is 0.0307. The van der Waals surface area contributed by atoms with Crippen LogP contribution in [0.5, 0.6) is 0 Å². The van der Waals surface area contributed by atoms with Crippen molar-refractivity contribution < 1.29 is 9.18 Å². The highest BCUT2D eigenvalue weighted by Gasteiger charge is 2.44. The van der Waals surface area contributed by atoms with Crippen LogP contribution in [0.15, 0.2) is 65.1 Å². The summed E-state index contributed by atoms with van der Waals surface area (Å²) in [6.07, 6.45) is 2.90. The standard InChI is InChI=1S/C22H17ClFN3O2/c23-13-8-4-9-14(24)17(13)19-18-15(10-5-11-16(18)28)25-21-20(19)22(29)27(26-21)12-6-2-1-3-7-12/h1-4,6-10,18-19,25-26H,5,11H2/t18-,19-/m0/s1. The molecule has 0 saturated heterocycles. The van der Waals surface area contributed by atoms with Gasteiger partial charge in [0.25, 0.3) is 5.56 Å². The zero-order valence-corrected chi connectivity index (χ0v) is 16.0. The number of rotatable bonds is 2. The molecule has 2 N–H and O–H groups in total.